The molecule has 2 rings (SSSR count). The highest BCUT2D eigenvalue weighted by atomic mass is 28.4. The maximum atomic E-state index is 12.8. The van der Waals surface area contributed by atoms with Crippen molar-refractivity contribution in [1.82, 2.24) is 10.6 Å². The molecule has 4 N–H and O–H groups in total. The lowest BCUT2D eigenvalue weighted by Gasteiger charge is -2.43. The van der Waals surface area contributed by atoms with Gasteiger partial charge in [0.05, 0.1) is 12.7 Å². The molecular weight excluding hydrogens is 464 g/mol. The molecule has 0 bridgehead atoms. The van der Waals surface area contributed by atoms with E-state index in [4.69, 9.17) is 4.43 Å². The van der Waals surface area contributed by atoms with Gasteiger partial charge in [0.25, 0.3) is 8.32 Å². The minimum Gasteiger partial charge on any atom is -0.480 e. The van der Waals surface area contributed by atoms with Crippen molar-refractivity contribution in [3.63, 3.8) is 0 Å². The van der Waals surface area contributed by atoms with Gasteiger partial charge in [-0.3, -0.25) is 9.59 Å². The zero-order chi connectivity index (χ0) is 26.2. The number of aliphatic carboxylic acids is 1. The van der Waals surface area contributed by atoms with Crippen molar-refractivity contribution in [3.8, 4) is 0 Å². The highest BCUT2D eigenvalue weighted by molar-refractivity contribution is 6.99. The molecule has 0 fully saturated rings. The number of carboxylic acids is 1. The summed E-state index contributed by atoms with van der Waals surface area (Å²) in [6.07, 6.45) is -0.297. The zero-order valence-electron chi connectivity index (χ0n) is 20.5. The van der Waals surface area contributed by atoms with Gasteiger partial charge < -0.3 is 25.3 Å². The summed E-state index contributed by atoms with van der Waals surface area (Å²) in [5, 5.41) is 26.1. The van der Waals surface area contributed by atoms with Crippen LogP contribution in [0.1, 0.15) is 27.7 Å². The first-order valence-electron chi connectivity index (χ1n) is 11.3. The third kappa shape index (κ3) is 6.65. The molecule has 2 aromatic rings. The van der Waals surface area contributed by atoms with E-state index in [1.807, 2.05) is 60.7 Å². The molecule has 3 atom stereocenters. The van der Waals surface area contributed by atoms with Crippen molar-refractivity contribution in [2.75, 3.05) is 6.61 Å². The largest absolute Gasteiger partial charge is 0.480 e. The summed E-state index contributed by atoms with van der Waals surface area (Å²) in [5.41, 5.74) is 0. The standard InChI is InChI=1S/C26H34N2O6Si/c1-6-22(30)28-23(18(2)29)24(31)27-21(25(32)33)17-34-35(26(3,4)5,19-13-9-7-10-14-19)20-15-11-8-12-16-20/h6-16,18,21,23,29H,1,17H2,2-5H3,(H,27,31)(H,28,30)(H,32,33)/t18-,21-,23+/m1/s1. The van der Waals surface area contributed by atoms with Gasteiger partial charge >= 0.3 is 5.97 Å². The molecule has 188 valence electrons. The Labute approximate surface area is 207 Å². The number of rotatable bonds is 11. The summed E-state index contributed by atoms with van der Waals surface area (Å²) < 4.78 is 6.61. The number of hydrogen-bond acceptors (Lipinski definition) is 5. The van der Waals surface area contributed by atoms with Crippen LogP contribution in [0.5, 0.6) is 0 Å². The molecule has 8 nitrogen and oxygen atoms in total. The van der Waals surface area contributed by atoms with Crippen LogP contribution in [0.3, 0.4) is 0 Å². The van der Waals surface area contributed by atoms with E-state index in [9.17, 15) is 24.6 Å². The van der Waals surface area contributed by atoms with E-state index in [1.165, 1.54) is 6.92 Å². The average molecular weight is 499 g/mol. The van der Waals surface area contributed by atoms with Crippen molar-refractivity contribution in [2.24, 2.45) is 0 Å². The second-order valence-electron chi connectivity index (χ2n) is 9.30. The number of carbonyl (C=O) groups is 3. The average Bonchev–Trinajstić information content (AvgIpc) is 2.81. The highest BCUT2D eigenvalue weighted by Crippen LogP contribution is 2.36. The number of aliphatic hydroxyl groups is 1. The molecule has 0 saturated carbocycles. The Hall–Kier alpha value is -3.27. The molecule has 0 radical (unpaired) electrons. The molecule has 0 aliphatic carbocycles. The van der Waals surface area contributed by atoms with Crippen LogP contribution >= 0.6 is 0 Å². The molecule has 35 heavy (non-hydrogen) atoms. The van der Waals surface area contributed by atoms with Gasteiger partial charge in [-0.2, -0.15) is 0 Å². The summed E-state index contributed by atoms with van der Waals surface area (Å²) >= 11 is 0. The maximum Gasteiger partial charge on any atom is 0.328 e. The molecule has 0 aliphatic heterocycles. The minimum atomic E-state index is -3.04. The fourth-order valence-corrected chi connectivity index (χ4v) is 8.60. The normalized spacial score (nSPS) is 14.3. The van der Waals surface area contributed by atoms with Gasteiger partial charge in [-0.15, -0.1) is 0 Å². The first-order valence-corrected chi connectivity index (χ1v) is 13.2. The molecule has 0 heterocycles. The molecule has 0 aliphatic rings. The van der Waals surface area contributed by atoms with E-state index in [-0.39, 0.29) is 11.6 Å². The van der Waals surface area contributed by atoms with Crippen LogP contribution < -0.4 is 21.0 Å². The van der Waals surface area contributed by atoms with Gasteiger partial charge in [-0.05, 0) is 28.4 Å². The van der Waals surface area contributed by atoms with Crippen molar-refractivity contribution >= 4 is 36.5 Å². The van der Waals surface area contributed by atoms with Crippen molar-refractivity contribution in [3.05, 3.63) is 73.3 Å². The van der Waals surface area contributed by atoms with E-state index in [0.29, 0.717) is 0 Å². The number of aliphatic hydroxyl groups excluding tert-OH is 1. The zero-order valence-corrected chi connectivity index (χ0v) is 21.5. The first kappa shape index (κ1) is 28.0. The summed E-state index contributed by atoms with van der Waals surface area (Å²) in [5.74, 6) is -2.80. The Bertz CT molecular complexity index is 982. The molecule has 0 unspecified atom stereocenters. The van der Waals surface area contributed by atoms with Crippen molar-refractivity contribution in [1.29, 1.82) is 0 Å². The summed E-state index contributed by atoms with van der Waals surface area (Å²) in [7, 11) is -3.04. The van der Waals surface area contributed by atoms with Crippen LogP contribution in [-0.4, -0.2) is 61.1 Å². The van der Waals surface area contributed by atoms with Crippen LogP contribution in [0.4, 0.5) is 0 Å². The second-order valence-corrected chi connectivity index (χ2v) is 13.6. The topological polar surface area (TPSA) is 125 Å². The van der Waals surface area contributed by atoms with Gasteiger partial charge in [0, 0.05) is 0 Å². The molecule has 0 aromatic heterocycles. The predicted molar refractivity (Wildman–Crippen MR) is 137 cm³/mol. The predicted octanol–water partition coefficient (Wildman–Crippen LogP) is 1.18. The van der Waals surface area contributed by atoms with E-state index in [0.717, 1.165) is 16.4 Å². The summed E-state index contributed by atoms with van der Waals surface area (Å²) in [6.45, 7) is 10.5. The number of amides is 2. The fourth-order valence-electron chi connectivity index (χ4n) is 4.02. The van der Waals surface area contributed by atoms with Crippen LogP contribution in [0.2, 0.25) is 5.04 Å². The SMILES string of the molecule is C=CC(=O)N[C@H](C(=O)N[C@H](CO[Si](c1ccccc1)(c1ccccc1)C(C)(C)C)C(=O)O)[C@@H](C)O. The third-order valence-electron chi connectivity index (χ3n) is 5.75. The van der Waals surface area contributed by atoms with Crippen LogP contribution in [0, 0.1) is 0 Å². The van der Waals surface area contributed by atoms with Gasteiger partial charge in [0.15, 0.2) is 0 Å². The third-order valence-corrected chi connectivity index (χ3v) is 10.8. The number of benzene rings is 2. The summed E-state index contributed by atoms with van der Waals surface area (Å²) in [6, 6.07) is 16.6. The Morgan fingerprint density at radius 1 is 1.00 bits per heavy atom. The minimum absolute atomic E-state index is 0.309. The van der Waals surface area contributed by atoms with Crippen LogP contribution in [0.25, 0.3) is 0 Å². The second kappa shape index (κ2) is 11.9. The number of carbonyl (C=O) groups excluding carboxylic acids is 2. The number of hydrogen-bond donors (Lipinski definition) is 4. The smallest absolute Gasteiger partial charge is 0.328 e. The molecule has 0 spiro atoms. The molecule has 2 aromatic carbocycles. The lowest BCUT2D eigenvalue weighted by Crippen LogP contribution is -2.68. The van der Waals surface area contributed by atoms with E-state index < -0.39 is 44.3 Å². The van der Waals surface area contributed by atoms with Gasteiger partial charge in [-0.25, -0.2) is 4.79 Å². The van der Waals surface area contributed by atoms with E-state index in [2.05, 4.69) is 38.0 Å². The monoisotopic (exact) mass is 498 g/mol. The van der Waals surface area contributed by atoms with Crippen molar-refractivity contribution < 1.29 is 29.0 Å². The summed E-state index contributed by atoms with van der Waals surface area (Å²) in [4.78, 5) is 36.6. The molecule has 0 saturated heterocycles. The Balaban J connectivity index is 2.42. The highest BCUT2D eigenvalue weighted by Gasteiger charge is 2.50. The van der Waals surface area contributed by atoms with Gasteiger partial charge in [-0.1, -0.05) is 88.0 Å². The lowest BCUT2D eigenvalue weighted by atomic mass is 10.1. The number of nitrogens with one attached hydrogen (secondary N) is 2. The van der Waals surface area contributed by atoms with Crippen LogP contribution in [0.15, 0.2) is 73.3 Å². The fraction of sp³-hybridized carbons (Fsp3) is 0.346. The first-order chi connectivity index (χ1) is 16.4. The molecule has 9 heteroatoms. The maximum absolute atomic E-state index is 12.8. The number of carboxylic acid groups (broad SMARTS) is 1. The van der Waals surface area contributed by atoms with Crippen molar-refractivity contribution in [2.45, 2.75) is 50.9 Å². The van der Waals surface area contributed by atoms with Gasteiger partial charge in [0.1, 0.15) is 12.1 Å². The Morgan fingerprint density at radius 2 is 1.49 bits per heavy atom. The Morgan fingerprint density at radius 3 is 1.86 bits per heavy atom. The van der Waals surface area contributed by atoms with Crippen LogP contribution in [-0.2, 0) is 18.8 Å². The van der Waals surface area contributed by atoms with Gasteiger partial charge in [0.2, 0.25) is 11.8 Å². The Kier molecular flexibility index (Phi) is 9.53. The molecule has 2 amide bonds. The van der Waals surface area contributed by atoms with E-state index >= 15 is 0 Å². The lowest BCUT2D eigenvalue weighted by molar-refractivity contribution is -0.143. The molecular formula is C26H34N2O6Si. The quantitative estimate of drug-likeness (QED) is 0.272. The van der Waals surface area contributed by atoms with E-state index in [1.54, 1.807) is 0 Å².